The molecule has 0 radical (unpaired) electrons. The quantitative estimate of drug-likeness (QED) is 0.124. The highest BCUT2D eigenvalue weighted by Gasteiger charge is 2.14. The summed E-state index contributed by atoms with van der Waals surface area (Å²) in [6, 6.07) is 0. The third-order valence-corrected chi connectivity index (χ3v) is 3.49. The van der Waals surface area contributed by atoms with E-state index in [1.54, 1.807) is 0 Å². The van der Waals surface area contributed by atoms with E-state index < -0.39 is 17.1 Å². The molecule has 0 aliphatic heterocycles. The highest BCUT2D eigenvalue weighted by molar-refractivity contribution is 4.79. The first-order valence-corrected chi connectivity index (χ1v) is 7.83. The maximum Gasteiger partial charge on any atom is 0.336 e. The number of hydrazine groups is 3. The highest BCUT2D eigenvalue weighted by atomic mass is 16.2. The molecule has 12 heteroatoms. The number of aromatic nitrogens is 3. The number of nitrogens with one attached hydrogen (secondary N) is 3. The third kappa shape index (κ3) is 5.36. The van der Waals surface area contributed by atoms with Gasteiger partial charge in [-0.25, -0.2) is 28.1 Å². The number of hydrogen-bond acceptors (Lipinski definition) is 9. The number of nitrogens with zero attached hydrogens (tertiary/aromatic N) is 3. The molecule has 0 aliphatic rings. The summed E-state index contributed by atoms with van der Waals surface area (Å²) in [6.07, 6.45) is 1.45. The van der Waals surface area contributed by atoms with Crippen LogP contribution in [-0.4, -0.2) is 33.3 Å². The molecule has 12 nitrogen and oxygen atoms in total. The van der Waals surface area contributed by atoms with E-state index >= 15 is 0 Å². The van der Waals surface area contributed by atoms with Gasteiger partial charge in [0.1, 0.15) is 0 Å². The van der Waals surface area contributed by atoms with Crippen LogP contribution in [-0.2, 0) is 19.6 Å². The Balaban J connectivity index is 3.22. The van der Waals surface area contributed by atoms with Crippen molar-refractivity contribution in [1.82, 2.24) is 30.0 Å². The Morgan fingerprint density at radius 3 is 1.04 bits per heavy atom. The van der Waals surface area contributed by atoms with E-state index in [0.29, 0.717) is 38.9 Å². The summed E-state index contributed by atoms with van der Waals surface area (Å²) in [4.78, 5) is 37.4. The normalized spacial score (nSPS) is 11.1. The predicted molar refractivity (Wildman–Crippen MR) is 89.6 cm³/mol. The lowest BCUT2D eigenvalue weighted by Crippen LogP contribution is -2.55. The monoisotopic (exact) mass is 345 g/mol. The van der Waals surface area contributed by atoms with Gasteiger partial charge in [-0.1, -0.05) is 0 Å². The summed E-state index contributed by atoms with van der Waals surface area (Å²) in [7, 11) is 0. The molecule has 0 aromatic carbocycles. The van der Waals surface area contributed by atoms with Crippen LogP contribution in [0.2, 0.25) is 0 Å². The molecule has 0 atom stereocenters. The topological polar surface area (TPSA) is 180 Å². The minimum absolute atomic E-state index is 0.173. The first kappa shape index (κ1) is 20.2. The molecule has 1 aromatic rings. The van der Waals surface area contributed by atoms with Crippen LogP contribution in [0.15, 0.2) is 14.4 Å². The average Bonchev–Trinajstić information content (AvgIpc) is 2.57. The van der Waals surface area contributed by atoms with Crippen LogP contribution in [0.5, 0.6) is 0 Å². The average molecular weight is 345 g/mol. The number of nitrogens with two attached hydrogens (primary N) is 3. The first-order chi connectivity index (χ1) is 11.6. The maximum atomic E-state index is 12.5. The molecule has 0 amide bonds. The van der Waals surface area contributed by atoms with E-state index in [2.05, 4.69) is 16.3 Å². The molecule has 0 aliphatic carbocycles. The van der Waals surface area contributed by atoms with Crippen molar-refractivity contribution in [3.8, 4) is 0 Å². The van der Waals surface area contributed by atoms with Crippen molar-refractivity contribution in [2.24, 2.45) is 17.5 Å². The second kappa shape index (κ2) is 10.9. The smallest absolute Gasteiger partial charge is 0.271 e. The van der Waals surface area contributed by atoms with Gasteiger partial charge in [-0.15, -0.1) is 0 Å². The van der Waals surface area contributed by atoms with E-state index in [4.69, 9.17) is 17.5 Å². The Hall–Kier alpha value is -1.83. The van der Waals surface area contributed by atoms with Gasteiger partial charge in [0.05, 0.1) is 0 Å². The lowest BCUT2D eigenvalue weighted by molar-refractivity contribution is 0.419. The summed E-state index contributed by atoms with van der Waals surface area (Å²) in [5.74, 6) is 15.6. The lowest BCUT2D eigenvalue weighted by Gasteiger charge is -2.14. The fraction of sp³-hybridized carbons (Fsp3) is 0.750. The SMILES string of the molecule is NNCCCn1c(=O)n(CCCNN)c(=O)n(CCCNN)c1=O. The zero-order chi connectivity index (χ0) is 17.9. The van der Waals surface area contributed by atoms with E-state index in [1.807, 2.05) is 0 Å². The third-order valence-electron chi connectivity index (χ3n) is 3.49. The van der Waals surface area contributed by atoms with Crippen LogP contribution < -0.4 is 50.9 Å². The summed E-state index contributed by atoms with van der Waals surface area (Å²) >= 11 is 0. The highest BCUT2D eigenvalue weighted by Crippen LogP contribution is 1.86. The van der Waals surface area contributed by atoms with Crippen molar-refractivity contribution in [1.29, 1.82) is 0 Å². The van der Waals surface area contributed by atoms with Gasteiger partial charge in [-0.2, -0.15) is 0 Å². The molecular formula is C12H27N9O3. The van der Waals surface area contributed by atoms with Gasteiger partial charge in [-0.3, -0.25) is 33.8 Å². The van der Waals surface area contributed by atoms with Crippen molar-refractivity contribution < 1.29 is 0 Å². The lowest BCUT2D eigenvalue weighted by atomic mass is 10.4. The van der Waals surface area contributed by atoms with Crippen LogP contribution in [0.25, 0.3) is 0 Å². The van der Waals surface area contributed by atoms with Crippen molar-refractivity contribution in [2.45, 2.75) is 38.9 Å². The second-order valence-electron chi connectivity index (χ2n) is 5.23. The molecule has 0 saturated carbocycles. The first-order valence-electron chi connectivity index (χ1n) is 7.83. The molecule has 0 spiro atoms. The minimum Gasteiger partial charge on any atom is -0.271 e. The largest absolute Gasteiger partial charge is 0.336 e. The molecule has 1 heterocycles. The number of hydrogen-bond donors (Lipinski definition) is 6. The zero-order valence-corrected chi connectivity index (χ0v) is 13.7. The second-order valence-corrected chi connectivity index (χ2v) is 5.23. The van der Waals surface area contributed by atoms with Crippen molar-refractivity contribution in [3.63, 3.8) is 0 Å². The molecule has 24 heavy (non-hydrogen) atoms. The minimum atomic E-state index is -0.618. The van der Waals surface area contributed by atoms with E-state index in [1.165, 1.54) is 0 Å². The van der Waals surface area contributed by atoms with Gasteiger partial charge in [0.2, 0.25) is 0 Å². The Kier molecular flexibility index (Phi) is 9.14. The predicted octanol–water partition coefficient (Wildman–Crippen LogP) is -4.27. The molecule has 0 saturated heterocycles. The molecule has 138 valence electrons. The maximum absolute atomic E-state index is 12.5. The zero-order valence-electron chi connectivity index (χ0n) is 13.7. The number of rotatable bonds is 12. The van der Waals surface area contributed by atoms with Crippen molar-refractivity contribution in [2.75, 3.05) is 19.6 Å². The Morgan fingerprint density at radius 2 is 0.833 bits per heavy atom. The Bertz CT molecular complexity index is 542. The Morgan fingerprint density at radius 1 is 0.583 bits per heavy atom. The summed E-state index contributed by atoms with van der Waals surface area (Å²) in [6.45, 7) is 1.85. The summed E-state index contributed by atoms with van der Waals surface area (Å²) < 4.78 is 3.18. The van der Waals surface area contributed by atoms with Gasteiger partial charge < -0.3 is 0 Å². The van der Waals surface area contributed by atoms with Crippen LogP contribution in [0, 0.1) is 0 Å². The van der Waals surface area contributed by atoms with Crippen molar-refractivity contribution in [3.05, 3.63) is 31.5 Å². The van der Waals surface area contributed by atoms with Crippen LogP contribution >= 0.6 is 0 Å². The molecule has 0 fully saturated rings. The van der Waals surface area contributed by atoms with Crippen LogP contribution in [0.4, 0.5) is 0 Å². The molecule has 1 aromatic heterocycles. The summed E-state index contributed by atoms with van der Waals surface area (Å²) in [5, 5.41) is 0. The van der Waals surface area contributed by atoms with E-state index in [-0.39, 0.29) is 19.6 Å². The van der Waals surface area contributed by atoms with E-state index in [0.717, 1.165) is 13.7 Å². The van der Waals surface area contributed by atoms with Gasteiger partial charge in [-0.05, 0) is 19.3 Å². The van der Waals surface area contributed by atoms with Gasteiger partial charge >= 0.3 is 17.1 Å². The van der Waals surface area contributed by atoms with Gasteiger partial charge in [0, 0.05) is 39.3 Å². The van der Waals surface area contributed by atoms with Crippen LogP contribution in [0.1, 0.15) is 19.3 Å². The molecule has 9 N–H and O–H groups in total. The van der Waals surface area contributed by atoms with Gasteiger partial charge in [0.25, 0.3) is 0 Å². The Labute approximate surface area is 138 Å². The standard InChI is InChI=1S/C12H27N9O3/c13-16-4-1-7-19-10(22)20(8-2-5-17-14)12(24)21(11(19)23)9-3-6-18-15/h16-18H,1-9,13-15H2. The molecule has 0 unspecified atom stereocenters. The summed E-state index contributed by atoms with van der Waals surface area (Å²) in [5.41, 5.74) is 5.54. The fourth-order valence-corrected chi connectivity index (χ4v) is 2.27. The molecular weight excluding hydrogens is 318 g/mol. The van der Waals surface area contributed by atoms with Crippen molar-refractivity contribution >= 4 is 0 Å². The van der Waals surface area contributed by atoms with E-state index in [9.17, 15) is 14.4 Å². The molecule has 0 bridgehead atoms. The van der Waals surface area contributed by atoms with Crippen LogP contribution in [0.3, 0.4) is 0 Å². The fourth-order valence-electron chi connectivity index (χ4n) is 2.27. The molecule has 1 rings (SSSR count). The van der Waals surface area contributed by atoms with Gasteiger partial charge in [0.15, 0.2) is 0 Å².